The number of rotatable bonds is 2. The third-order valence-electron chi connectivity index (χ3n) is 3.09. The van der Waals surface area contributed by atoms with Gasteiger partial charge in [0, 0.05) is 16.8 Å². The fraction of sp³-hybridized carbons (Fsp3) is 0.133. The van der Waals surface area contributed by atoms with Crippen molar-refractivity contribution in [3.63, 3.8) is 0 Å². The van der Waals surface area contributed by atoms with E-state index in [0.29, 0.717) is 21.7 Å². The highest BCUT2D eigenvalue weighted by Gasteiger charge is 2.44. The van der Waals surface area contributed by atoms with E-state index in [4.69, 9.17) is 16.3 Å². The molecule has 3 rings (SSSR count). The first-order valence-electron chi connectivity index (χ1n) is 5.99. The van der Waals surface area contributed by atoms with Crippen LogP contribution in [-0.4, -0.2) is 16.9 Å². The molecule has 102 valence electrons. The Kier molecular flexibility index (Phi) is 3.17. The summed E-state index contributed by atoms with van der Waals surface area (Å²) in [6, 6.07) is 10.7. The van der Waals surface area contributed by atoms with E-state index in [9.17, 15) is 9.90 Å². The van der Waals surface area contributed by atoms with E-state index in [0.717, 1.165) is 4.88 Å². The van der Waals surface area contributed by atoms with Crippen molar-refractivity contribution in [2.45, 2.75) is 12.7 Å². The number of ether oxygens (including phenoxy) is 1. The predicted octanol–water partition coefficient (Wildman–Crippen LogP) is 3.58. The van der Waals surface area contributed by atoms with Crippen molar-refractivity contribution in [3.8, 4) is 0 Å². The molecule has 20 heavy (non-hydrogen) atoms. The van der Waals surface area contributed by atoms with Crippen LogP contribution in [0.15, 0.2) is 41.8 Å². The Hall–Kier alpha value is -1.62. The summed E-state index contributed by atoms with van der Waals surface area (Å²) in [5.41, 5.74) is 1.49. The van der Waals surface area contributed by atoms with Gasteiger partial charge in [-0.1, -0.05) is 29.8 Å². The van der Waals surface area contributed by atoms with Gasteiger partial charge >= 0.3 is 5.97 Å². The summed E-state index contributed by atoms with van der Waals surface area (Å²) in [5, 5.41) is 12.8. The number of aliphatic hydroxyl groups is 1. The molecule has 5 heteroatoms. The number of thiophene rings is 1. The van der Waals surface area contributed by atoms with Crippen LogP contribution in [0.2, 0.25) is 5.02 Å². The zero-order valence-corrected chi connectivity index (χ0v) is 12.2. The minimum atomic E-state index is -1.63. The predicted molar refractivity (Wildman–Crippen MR) is 79.3 cm³/mol. The molecule has 0 saturated carbocycles. The van der Waals surface area contributed by atoms with Crippen LogP contribution in [0, 0.1) is 0 Å². The lowest BCUT2D eigenvalue weighted by Crippen LogP contribution is -2.25. The lowest BCUT2D eigenvalue weighted by atomic mass is 9.96. The second-order valence-corrected chi connectivity index (χ2v) is 5.99. The van der Waals surface area contributed by atoms with Crippen LogP contribution in [0.5, 0.6) is 0 Å². The van der Waals surface area contributed by atoms with Gasteiger partial charge in [-0.2, -0.15) is 0 Å². The molecule has 3 nitrogen and oxygen atoms in total. The molecule has 0 spiro atoms. The van der Waals surface area contributed by atoms with E-state index in [-0.39, 0.29) is 0 Å². The molecule has 0 radical (unpaired) electrons. The van der Waals surface area contributed by atoms with Gasteiger partial charge in [0.25, 0.3) is 0 Å². The SMILES string of the molecule is CC1(O)OC(=O)C(c2cccc(Cl)c2)=C1c1cccs1. The highest BCUT2D eigenvalue weighted by molar-refractivity contribution is 7.11. The van der Waals surface area contributed by atoms with E-state index in [2.05, 4.69) is 0 Å². The van der Waals surface area contributed by atoms with Gasteiger partial charge in [0.1, 0.15) is 0 Å². The fourth-order valence-electron chi connectivity index (χ4n) is 2.30. The van der Waals surface area contributed by atoms with Crippen molar-refractivity contribution < 1.29 is 14.6 Å². The normalized spacial score (nSPS) is 22.2. The van der Waals surface area contributed by atoms with Crippen molar-refractivity contribution >= 4 is 40.1 Å². The van der Waals surface area contributed by atoms with Crippen LogP contribution in [0.3, 0.4) is 0 Å². The van der Waals surface area contributed by atoms with Gasteiger partial charge in [-0.15, -0.1) is 11.3 Å². The number of carbonyl (C=O) groups excluding carboxylic acids is 1. The molecule has 2 heterocycles. The molecule has 1 aliphatic rings. The summed E-state index contributed by atoms with van der Waals surface area (Å²) in [4.78, 5) is 12.9. The van der Waals surface area contributed by atoms with E-state index in [1.807, 2.05) is 17.5 Å². The summed E-state index contributed by atoms with van der Waals surface area (Å²) in [5.74, 6) is -2.17. The van der Waals surface area contributed by atoms with Crippen molar-refractivity contribution in [1.82, 2.24) is 0 Å². The molecule has 0 amide bonds. The second-order valence-electron chi connectivity index (χ2n) is 4.61. The molecule has 0 bridgehead atoms. The Morgan fingerprint density at radius 1 is 1.30 bits per heavy atom. The van der Waals surface area contributed by atoms with Crippen LogP contribution in [-0.2, 0) is 9.53 Å². The van der Waals surface area contributed by atoms with Crippen molar-refractivity contribution in [1.29, 1.82) is 0 Å². The molecular formula is C15H11ClO3S. The average molecular weight is 307 g/mol. The largest absolute Gasteiger partial charge is 0.425 e. The Morgan fingerprint density at radius 2 is 2.10 bits per heavy atom. The first kappa shape index (κ1) is 13.4. The quantitative estimate of drug-likeness (QED) is 0.863. The number of hydrogen-bond acceptors (Lipinski definition) is 4. The zero-order valence-electron chi connectivity index (χ0n) is 10.6. The standard InChI is InChI=1S/C15H11ClO3S/c1-15(18)13(11-6-3-7-20-11)12(14(17)19-15)9-4-2-5-10(16)8-9/h2-8,18H,1H3. The Labute approximate surface area is 125 Å². The second kappa shape index (κ2) is 4.74. The Bertz CT molecular complexity index is 702. The van der Waals surface area contributed by atoms with Gasteiger partial charge in [-0.3, -0.25) is 0 Å². The Balaban J connectivity index is 2.27. The van der Waals surface area contributed by atoms with Crippen LogP contribution in [0.1, 0.15) is 17.4 Å². The van der Waals surface area contributed by atoms with Crippen LogP contribution < -0.4 is 0 Å². The van der Waals surface area contributed by atoms with E-state index >= 15 is 0 Å². The molecular weight excluding hydrogens is 296 g/mol. The molecule has 1 aromatic carbocycles. The first-order valence-corrected chi connectivity index (χ1v) is 7.25. The first-order chi connectivity index (χ1) is 9.49. The van der Waals surface area contributed by atoms with Gasteiger partial charge in [0.05, 0.1) is 11.1 Å². The number of cyclic esters (lactones) is 1. The van der Waals surface area contributed by atoms with Gasteiger partial charge in [-0.05, 0) is 29.1 Å². The summed E-state index contributed by atoms with van der Waals surface area (Å²) in [6.07, 6.45) is 0. The smallest absolute Gasteiger partial charge is 0.342 e. The van der Waals surface area contributed by atoms with Crippen molar-refractivity contribution in [2.75, 3.05) is 0 Å². The number of esters is 1. The maximum absolute atomic E-state index is 12.1. The summed E-state index contributed by atoms with van der Waals surface area (Å²) in [7, 11) is 0. The van der Waals surface area contributed by atoms with Gasteiger partial charge in [0.15, 0.2) is 0 Å². The third-order valence-corrected chi connectivity index (χ3v) is 4.21. The molecule has 1 unspecified atom stereocenters. The summed E-state index contributed by atoms with van der Waals surface area (Å²) in [6.45, 7) is 1.47. The maximum atomic E-state index is 12.1. The molecule has 1 atom stereocenters. The minimum Gasteiger partial charge on any atom is -0.425 e. The molecule has 1 N–H and O–H groups in total. The molecule has 1 aromatic heterocycles. The van der Waals surface area contributed by atoms with Gasteiger partial charge in [-0.25, -0.2) is 4.79 Å². The lowest BCUT2D eigenvalue weighted by molar-refractivity contribution is -0.169. The molecule has 0 fully saturated rings. The molecule has 2 aromatic rings. The topological polar surface area (TPSA) is 46.5 Å². The van der Waals surface area contributed by atoms with Crippen molar-refractivity contribution in [3.05, 3.63) is 57.2 Å². The van der Waals surface area contributed by atoms with Gasteiger partial charge in [0.2, 0.25) is 5.79 Å². The Morgan fingerprint density at radius 3 is 2.75 bits per heavy atom. The summed E-state index contributed by atoms with van der Waals surface area (Å²) >= 11 is 7.42. The van der Waals surface area contributed by atoms with E-state index in [1.165, 1.54) is 18.3 Å². The maximum Gasteiger partial charge on any atom is 0.342 e. The molecule has 0 aliphatic carbocycles. The van der Waals surface area contributed by atoms with E-state index < -0.39 is 11.8 Å². The number of carbonyl (C=O) groups is 1. The van der Waals surface area contributed by atoms with Gasteiger partial charge < -0.3 is 9.84 Å². The van der Waals surface area contributed by atoms with Crippen LogP contribution in [0.25, 0.3) is 11.1 Å². The fourth-order valence-corrected chi connectivity index (χ4v) is 3.36. The number of benzene rings is 1. The zero-order chi connectivity index (χ0) is 14.3. The number of halogens is 1. The average Bonchev–Trinajstić information content (AvgIpc) is 2.94. The highest BCUT2D eigenvalue weighted by atomic mass is 35.5. The van der Waals surface area contributed by atoms with Crippen molar-refractivity contribution in [2.24, 2.45) is 0 Å². The molecule has 0 saturated heterocycles. The molecule has 1 aliphatic heterocycles. The lowest BCUT2D eigenvalue weighted by Gasteiger charge is -2.18. The van der Waals surface area contributed by atoms with E-state index in [1.54, 1.807) is 24.3 Å². The minimum absolute atomic E-state index is 0.361. The van der Waals surface area contributed by atoms with Crippen LogP contribution in [0.4, 0.5) is 0 Å². The van der Waals surface area contributed by atoms with Crippen LogP contribution >= 0.6 is 22.9 Å². The number of hydrogen-bond donors (Lipinski definition) is 1. The monoisotopic (exact) mass is 306 g/mol. The third kappa shape index (κ3) is 2.16. The summed E-state index contributed by atoms with van der Waals surface area (Å²) < 4.78 is 5.10. The highest BCUT2D eigenvalue weighted by Crippen LogP contribution is 2.44.